The highest BCUT2D eigenvalue weighted by Gasteiger charge is 2.19. The molecule has 4 heteroatoms. The topological polar surface area (TPSA) is 52.6 Å². The molecule has 2 rings (SSSR count). The number of carbonyl (C=O) groups is 2. The van der Waals surface area contributed by atoms with Gasteiger partial charge in [0.25, 0.3) is 0 Å². The zero-order valence-electron chi connectivity index (χ0n) is 13.0. The molecule has 0 amide bonds. The van der Waals surface area contributed by atoms with Crippen molar-refractivity contribution in [2.24, 2.45) is 0 Å². The third-order valence-corrected chi connectivity index (χ3v) is 4.46. The maximum Gasteiger partial charge on any atom is 0.306 e. The molecular weight excluding hydrogens is 268 g/mol. The Bertz CT molecular complexity index is 296. The molecule has 0 aromatic carbocycles. The maximum atomic E-state index is 11.7. The highest BCUT2D eigenvalue weighted by molar-refractivity contribution is 5.72. The number of carbonyl (C=O) groups excluding carboxylic acids is 2. The van der Waals surface area contributed by atoms with Crippen LogP contribution in [0.4, 0.5) is 0 Å². The summed E-state index contributed by atoms with van der Waals surface area (Å²) in [6.45, 7) is 0. The van der Waals surface area contributed by atoms with Gasteiger partial charge in [0.1, 0.15) is 12.2 Å². The first-order chi connectivity index (χ1) is 10.2. The molecule has 0 aromatic heterocycles. The minimum atomic E-state index is -0.160. The van der Waals surface area contributed by atoms with Crippen LogP contribution in [0.2, 0.25) is 0 Å². The van der Waals surface area contributed by atoms with Gasteiger partial charge in [0, 0.05) is 12.8 Å². The van der Waals surface area contributed by atoms with Crippen molar-refractivity contribution in [1.82, 2.24) is 0 Å². The van der Waals surface area contributed by atoms with Crippen molar-refractivity contribution in [3.63, 3.8) is 0 Å². The molecule has 0 unspecified atom stereocenters. The van der Waals surface area contributed by atoms with Crippen LogP contribution in [0.25, 0.3) is 0 Å². The molecule has 2 aliphatic rings. The smallest absolute Gasteiger partial charge is 0.306 e. The van der Waals surface area contributed by atoms with Crippen molar-refractivity contribution in [3.8, 4) is 0 Å². The van der Waals surface area contributed by atoms with Crippen molar-refractivity contribution in [1.29, 1.82) is 0 Å². The normalized spacial score (nSPS) is 21.0. The molecule has 0 spiro atoms. The van der Waals surface area contributed by atoms with Crippen LogP contribution in [0.5, 0.6) is 0 Å². The average Bonchev–Trinajstić information content (AvgIpc) is 2.49. The molecule has 2 aliphatic carbocycles. The molecule has 0 radical (unpaired) electrons. The van der Waals surface area contributed by atoms with Crippen molar-refractivity contribution < 1.29 is 19.1 Å². The minimum absolute atomic E-state index is 0.112. The van der Waals surface area contributed by atoms with Crippen LogP contribution in [-0.2, 0) is 19.1 Å². The summed E-state index contributed by atoms with van der Waals surface area (Å²) in [6, 6.07) is 0. The van der Waals surface area contributed by atoms with Crippen LogP contribution < -0.4 is 0 Å². The first kappa shape index (κ1) is 16.3. The summed E-state index contributed by atoms with van der Waals surface area (Å²) < 4.78 is 10.9. The lowest BCUT2D eigenvalue weighted by molar-refractivity contribution is -0.152. The second-order valence-corrected chi connectivity index (χ2v) is 6.35. The highest BCUT2D eigenvalue weighted by Crippen LogP contribution is 2.22. The summed E-state index contributed by atoms with van der Waals surface area (Å²) in [4.78, 5) is 23.4. The lowest BCUT2D eigenvalue weighted by Crippen LogP contribution is -2.22. The van der Waals surface area contributed by atoms with Crippen molar-refractivity contribution in [3.05, 3.63) is 0 Å². The van der Waals surface area contributed by atoms with Crippen LogP contribution in [0.3, 0.4) is 0 Å². The van der Waals surface area contributed by atoms with E-state index in [0.29, 0.717) is 19.3 Å². The lowest BCUT2D eigenvalue weighted by atomic mass is 9.98. The standard InChI is InChI=1S/C17H28O4/c18-16(20-14-8-3-1-4-9-14)12-7-13-17(19)21-15-10-5-2-6-11-15/h14-15H,1-13H2. The molecule has 0 heterocycles. The molecule has 0 saturated heterocycles. The molecule has 21 heavy (non-hydrogen) atoms. The Balaban J connectivity index is 1.53. The molecule has 120 valence electrons. The number of rotatable bonds is 6. The van der Waals surface area contributed by atoms with Gasteiger partial charge >= 0.3 is 11.9 Å². The van der Waals surface area contributed by atoms with E-state index in [4.69, 9.17) is 9.47 Å². The third-order valence-electron chi connectivity index (χ3n) is 4.46. The van der Waals surface area contributed by atoms with E-state index in [-0.39, 0.29) is 24.1 Å². The van der Waals surface area contributed by atoms with Crippen molar-refractivity contribution >= 4 is 11.9 Å². The first-order valence-corrected chi connectivity index (χ1v) is 8.63. The molecule has 0 bridgehead atoms. The SMILES string of the molecule is O=C(CCCC(=O)OC1CCCCC1)OC1CCCCC1. The van der Waals surface area contributed by atoms with Crippen LogP contribution in [0.15, 0.2) is 0 Å². The van der Waals surface area contributed by atoms with E-state index < -0.39 is 0 Å². The Hall–Kier alpha value is -1.06. The second-order valence-electron chi connectivity index (χ2n) is 6.35. The van der Waals surface area contributed by atoms with Gasteiger partial charge in [-0.15, -0.1) is 0 Å². The Kier molecular flexibility index (Phi) is 7.04. The number of esters is 2. The van der Waals surface area contributed by atoms with Gasteiger partial charge in [0.2, 0.25) is 0 Å². The van der Waals surface area contributed by atoms with Crippen LogP contribution in [0.1, 0.15) is 83.5 Å². The molecular formula is C17H28O4. The van der Waals surface area contributed by atoms with Gasteiger partial charge in [-0.3, -0.25) is 9.59 Å². The number of ether oxygens (including phenoxy) is 2. The van der Waals surface area contributed by atoms with Crippen molar-refractivity contribution in [2.45, 2.75) is 95.7 Å². The zero-order chi connectivity index (χ0) is 14.9. The summed E-state index contributed by atoms with van der Waals surface area (Å²) >= 11 is 0. The van der Waals surface area contributed by atoms with E-state index >= 15 is 0 Å². The highest BCUT2D eigenvalue weighted by atomic mass is 16.5. The Labute approximate surface area is 127 Å². The van der Waals surface area contributed by atoms with E-state index in [2.05, 4.69) is 0 Å². The zero-order valence-corrected chi connectivity index (χ0v) is 13.0. The molecule has 2 fully saturated rings. The van der Waals surface area contributed by atoms with Gasteiger partial charge in [-0.1, -0.05) is 12.8 Å². The Morgan fingerprint density at radius 3 is 1.43 bits per heavy atom. The Morgan fingerprint density at radius 2 is 1.05 bits per heavy atom. The largest absolute Gasteiger partial charge is 0.462 e. The second kappa shape index (κ2) is 9.06. The van der Waals surface area contributed by atoms with Gasteiger partial charge in [0.05, 0.1) is 0 Å². The van der Waals surface area contributed by atoms with E-state index in [1.807, 2.05) is 0 Å². The molecule has 0 N–H and O–H groups in total. The average molecular weight is 296 g/mol. The fourth-order valence-electron chi connectivity index (χ4n) is 3.23. The fourth-order valence-corrected chi connectivity index (χ4v) is 3.23. The molecule has 0 aliphatic heterocycles. The van der Waals surface area contributed by atoms with Crippen LogP contribution >= 0.6 is 0 Å². The minimum Gasteiger partial charge on any atom is -0.462 e. The third kappa shape index (κ3) is 6.49. The predicted octanol–water partition coefficient (Wildman–Crippen LogP) is 3.91. The van der Waals surface area contributed by atoms with E-state index in [1.54, 1.807) is 0 Å². The number of hydrogen-bond acceptors (Lipinski definition) is 4. The monoisotopic (exact) mass is 296 g/mol. The van der Waals surface area contributed by atoms with Crippen molar-refractivity contribution in [2.75, 3.05) is 0 Å². The summed E-state index contributed by atoms with van der Waals surface area (Å²) in [5, 5.41) is 0. The first-order valence-electron chi connectivity index (χ1n) is 8.63. The molecule has 0 aromatic rings. The quantitative estimate of drug-likeness (QED) is 0.697. The maximum absolute atomic E-state index is 11.7. The van der Waals surface area contributed by atoms with E-state index in [0.717, 1.165) is 51.4 Å². The summed E-state index contributed by atoms with van der Waals surface area (Å²) in [5.41, 5.74) is 0. The van der Waals surface area contributed by atoms with Gasteiger partial charge in [-0.25, -0.2) is 0 Å². The molecule has 4 nitrogen and oxygen atoms in total. The van der Waals surface area contributed by atoms with E-state index in [1.165, 1.54) is 12.8 Å². The van der Waals surface area contributed by atoms with Gasteiger partial charge < -0.3 is 9.47 Å². The van der Waals surface area contributed by atoms with Crippen LogP contribution in [-0.4, -0.2) is 24.1 Å². The van der Waals surface area contributed by atoms with Gasteiger partial charge in [-0.2, -0.15) is 0 Å². The van der Waals surface area contributed by atoms with E-state index in [9.17, 15) is 9.59 Å². The summed E-state index contributed by atoms with van der Waals surface area (Å²) in [5.74, 6) is -0.320. The molecule has 0 atom stereocenters. The lowest BCUT2D eigenvalue weighted by Gasteiger charge is -2.22. The summed E-state index contributed by atoms with van der Waals surface area (Å²) in [7, 11) is 0. The Morgan fingerprint density at radius 1 is 0.667 bits per heavy atom. The predicted molar refractivity (Wildman–Crippen MR) is 79.8 cm³/mol. The van der Waals surface area contributed by atoms with Gasteiger partial charge in [0.15, 0.2) is 0 Å². The number of hydrogen-bond donors (Lipinski definition) is 0. The fraction of sp³-hybridized carbons (Fsp3) is 0.882. The molecule has 2 saturated carbocycles. The van der Waals surface area contributed by atoms with Crippen LogP contribution in [0, 0.1) is 0 Å². The summed E-state index contributed by atoms with van der Waals surface area (Å²) in [6.07, 6.45) is 12.5. The van der Waals surface area contributed by atoms with Gasteiger partial charge in [-0.05, 0) is 57.8 Å².